The summed E-state index contributed by atoms with van der Waals surface area (Å²) in [7, 11) is -2.49. The molecule has 0 fully saturated rings. The van der Waals surface area contributed by atoms with Gasteiger partial charge in [0.15, 0.2) is 0 Å². The van der Waals surface area contributed by atoms with Crippen LogP contribution in [0.25, 0.3) is 0 Å². The third-order valence-corrected chi connectivity index (χ3v) is 4.72. The van der Waals surface area contributed by atoms with Crippen molar-refractivity contribution in [3.8, 4) is 5.75 Å². The smallest absolute Gasteiger partial charge is 0.261 e. The molecule has 0 aliphatic carbocycles. The average Bonchev–Trinajstić information content (AvgIpc) is 2.44. The molecule has 2 N–H and O–H groups in total. The second-order valence-electron chi connectivity index (χ2n) is 4.81. The molecule has 2 aromatic rings. The number of benzene rings is 2. The van der Waals surface area contributed by atoms with Gasteiger partial charge in [-0.05, 0) is 36.4 Å². The summed E-state index contributed by atoms with van der Waals surface area (Å²) in [6.07, 6.45) is 0. The maximum atomic E-state index is 12.5. The van der Waals surface area contributed by atoms with Crippen LogP contribution in [0.3, 0.4) is 0 Å². The van der Waals surface area contributed by atoms with E-state index in [2.05, 4.69) is 10.0 Å². The first-order chi connectivity index (χ1) is 11.2. The second kappa shape index (κ2) is 7.29. The summed E-state index contributed by atoms with van der Waals surface area (Å²) in [5.41, 5.74) is 0.474. The third-order valence-electron chi connectivity index (χ3n) is 2.91. The fourth-order valence-electron chi connectivity index (χ4n) is 1.97. The van der Waals surface area contributed by atoms with Gasteiger partial charge < -0.3 is 10.1 Å². The van der Waals surface area contributed by atoms with Crippen LogP contribution in [0.5, 0.6) is 5.75 Å². The topological polar surface area (TPSA) is 84.5 Å². The van der Waals surface area contributed by atoms with Gasteiger partial charge in [0.2, 0.25) is 5.91 Å². The zero-order valence-corrected chi connectivity index (χ0v) is 15.1. The number of carbonyl (C=O) groups excluding carboxylic acids is 1. The van der Waals surface area contributed by atoms with Crippen molar-refractivity contribution >= 4 is 50.5 Å². The number of halogens is 2. The Kier molecular flexibility index (Phi) is 5.58. The van der Waals surface area contributed by atoms with Gasteiger partial charge in [-0.2, -0.15) is 0 Å². The molecule has 0 atom stereocenters. The molecule has 0 saturated heterocycles. The van der Waals surface area contributed by atoms with Crippen LogP contribution in [0.1, 0.15) is 6.92 Å². The van der Waals surface area contributed by atoms with Crippen LogP contribution in [0.2, 0.25) is 10.0 Å². The van der Waals surface area contributed by atoms with Gasteiger partial charge in [0.05, 0.1) is 23.4 Å². The maximum Gasteiger partial charge on any atom is 0.261 e. The van der Waals surface area contributed by atoms with Crippen molar-refractivity contribution in [2.45, 2.75) is 11.8 Å². The van der Waals surface area contributed by atoms with E-state index in [1.54, 1.807) is 0 Å². The highest BCUT2D eigenvalue weighted by atomic mass is 35.5. The summed E-state index contributed by atoms with van der Waals surface area (Å²) in [5, 5.41) is 3.12. The van der Waals surface area contributed by atoms with Gasteiger partial charge >= 0.3 is 0 Å². The van der Waals surface area contributed by atoms with Crippen LogP contribution in [0.4, 0.5) is 11.4 Å². The Bertz CT molecular complexity index is 865. The minimum atomic E-state index is -3.90. The highest BCUT2D eigenvalue weighted by Gasteiger charge is 2.18. The number of hydrogen-bond donors (Lipinski definition) is 2. The van der Waals surface area contributed by atoms with Crippen molar-refractivity contribution < 1.29 is 17.9 Å². The van der Waals surface area contributed by atoms with Gasteiger partial charge in [0, 0.05) is 17.0 Å². The van der Waals surface area contributed by atoms with Crippen molar-refractivity contribution in [1.29, 1.82) is 0 Å². The van der Waals surface area contributed by atoms with Crippen molar-refractivity contribution in [2.75, 3.05) is 17.1 Å². The summed E-state index contributed by atoms with van der Waals surface area (Å²) in [6, 6.07) is 8.47. The number of anilines is 2. The Labute approximate surface area is 149 Å². The van der Waals surface area contributed by atoms with Crippen LogP contribution in [-0.2, 0) is 14.8 Å². The number of ether oxygens (including phenoxy) is 1. The number of amides is 1. The van der Waals surface area contributed by atoms with E-state index in [1.165, 1.54) is 50.4 Å². The van der Waals surface area contributed by atoms with E-state index in [9.17, 15) is 13.2 Å². The average molecular weight is 389 g/mol. The SMILES string of the molecule is COc1ccc(S(=O)(=O)Nc2cc(Cl)cc(Cl)c2)cc1NC(C)=O. The van der Waals surface area contributed by atoms with E-state index in [0.717, 1.165) is 0 Å². The van der Waals surface area contributed by atoms with Crippen molar-refractivity contribution in [1.82, 2.24) is 0 Å². The highest BCUT2D eigenvalue weighted by Crippen LogP contribution is 2.29. The van der Waals surface area contributed by atoms with Gasteiger partial charge in [0.25, 0.3) is 10.0 Å². The molecule has 0 saturated carbocycles. The van der Waals surface area contributed by atoms with Crippen LogP contribution in [0.15, 0.2) is 41.3 Å². The van der Waals surface area contributed by atoms with Gasteiger partial charge in [-0.15, -0.1) is 0 Å². The van der Waals surface area contributed by atoms with E-state index < -0.39 is 10.0 Å². The maximum absolute atomic E-state index is 12.5. The lowest BCUT2D eigenvalue weighted by Gasteiger charge is -2.13. The summed E-state index contributed by atoms with van der Waals surface area (Å²) in [5.74, 6) is -0.00706. The molecule has 1 amide bonds. The first kappa shape index (κ1) is 18.4. The first-order valence-corrected chi connectivity index (χ1v) is 8.90. The Morgan fingerprint density at radius 1 is 1.08 bits per heavy atom. The van der Waals surface area contributed by atoms with Crippen molar-refractivity contribution in [3.05, 3.63) is 46.4 Å². The summed E-state index contributed by atoms with van der Waals surface area (Å²) >= 11 is 11.7. The number of hydrogen-bond acceptors (Lipinski definition) is 4. The van der Waals surface area contributed by atoms with E-state index >= 15 is 0 Å². The molecular formula is C15H14Cl2N2O4S. The lowest BCUT2D eigenvalue weighted by molar-refractivity contribution is -0.114. The molecule has 0 heterocycles. The van der Waals surface area contributed by atoms with Gasteiger partial charge in [-0.25, -0.2) is 8.42 Å². The summed E-state index contributed by atoms with van der Waals surface area (Å²) in [6.45, 7) is 1.31. The molecule has 2 rings (SSSR count). The monoisotopic (exact) mass is 388 g/mol. The van der Waals surface area contributed by atoms with E-state index in [1.807, 2.05) is 0 Å². The second-order valence-corrected chi connectivity index (χ2v) is 7.36. The molecule has 128 valence electrons. The Morgan fingerprint density at radius 3 is 2.25 bits per heavy atom. The first-order valence-electron chi connectivity index (χ1n) is 6.66. The summed E-state index contributed by atoms with van der Waals surface area (Å²) < 4.78 is 32.5. The normalized spacial score (nSPS) is 11.0. The van der Waals surface area contributed by atoms with Crippen LogP contribution in [0, 0.1) is 0 Å². The van der Waals surface area contributed by atoms with Crippen molar-refractivity contribution in [3.63, 3.8) is 0 Å². The Balaban J connectivity index is 2.39. The minimum absolute atomic E-state index is 0.0526. The number of nitrogens with one attached hydrogen (secondary N) is 2. The molecule has 24 heavy (non-hydrogen) atoms. The number of sulfonamides is 1. The zero-order valence-electron chi connectivity index (χ0n) is 12.8. The zero-order chi connectivity index (χ0) is 17.9. The van der Waals surface area contributed by atoms with Crippen LogP contribution < -0.4 is 14.8 Å². The predicted octanol–water partition coefficient (Wildman–Crippen LogP) is 3.76. The number of rotatable bonds is 5. The molecule has 0 spiro atoms. The van der Waals surface area contributed by atoms with Gasteiger partial charge in [0.1, 0.15) is 5.75 Å². The quantitative estimate of drug-likeness (QED) is 0.816. The lowest BCUT2D eigenvalue weighted by Crippen LogP contribution is -2.14. The third kappa shape index (κ3) is 4.53. The Morgan fingerprint density at radius 2 is 1.71 bits per heavy atom. The van der Waals surface area contributed by atoms with E-state index in [0.29, 0.717) is 15.8 Å². The summed E-state index contributed by atoms with van der Waals surface area (Å²) in [4.78, 5) is 11.2. The molecule has 0 aliphatic rings. The number of methoxy groups -OCH3 is 1. The predicted molar refractivity (Wildman–Crippen MR) is 94.6 cm³/mol. The highest BCUT2D eigenvalue weighted by molar-refractivity contribution is 7.92. The largest absolute Gasteiger partial charge is 0.495 e. The van der Waals surface area contributed by atoms with Gasteiger partial charge in [-0.3, -0.25) is 9.52 Å². The van der Waals surface area contributed by atoms with Crippen molar-refractivity contribution in [2.24, 2.45) is 0 Å². The molecule has 0 unspecified atom stereocenters. The standard InChI is InChI=1S/C15H14Cl2N2O4S/c1-9(20)18-14-8-13(3-4-15(14)23-2)24(21,22)19-12-6-10(16)5-11(17)7-12/h3-8,19H,1-2H3,(H,18,20). The lowest BCUT2D eigenvalue weighted by atomic mass is 10.3. The van der Waals surface area contributed by atoms with Crippen LogP contribution in [-0.4, -0.2) is 21.4 Å². The molecule has 9 heteroatoms. The number of carbonyl (C=O) groups is 1. The Hall–Kier alpha value is -1.96. The fraction of sp³-hybridized carbons (Fsp3) is 0.133. The van der Waals surface area contributed by atoms with Gasteiger partial charge in [-0.1, -0.05) is 23.2 Å². The van der Waals surface area contributed by atoms with E-state index in [-0.39, 0.29) is 22.2 Å². The molecular weight excluding hydrogens is 375 g/mol. The molecule has 2 aromatic carbocycles. The van der Waals surface area contributed by atoms with E-state index in [4.69, 9.17) is 27.9 Å². The molecule has 0 aromatic heterocycles. The molecule has 0 aliphatic heterocycles. The molecule has 0 radical (unpaired) electrons. The molecule has 0 bridgehead atoms. The molecule has 6 nitrogen and oxygen atoms in total. The van der Waals surface area contributed by atoms with Crippen LogP contribution >= 0.6 is 23.2 Å². The fourth-order valence-corrected chi connectivity index (χ4v) is 3.56. The minimum Gasteiger partial charge on any atom is -0.495 e.